The number of hydrogen-bond donors (Lipinski definition) is 1. The van der Waals surface area contributed by atoms with E-state index in [4.69, 9.17) is 25.8 Å². The molecule has 41 heavy (non-hydrogen) atoms. The predicted molar refractivity (Wildman–Crippen MR) is 161 cm³/mol. The average Bonchev–Trinajstić information content (AvgIpc) is 3.40. The standard InChI is InChI=1S/C34H32ClNO5/c1-21-17-26(35)12-15-28(21)23-9-13-27(14-10-23)36-32(37)29(25-11-16-30-31(19-25)40-20-39-30)18-22-5-7-24(8-6-22)33(38)41-34(2,3)4/h5-17,19,29H,18,20H2,1-4H3,(H,36,37)/t29-/m1/s1. The first-order valence-electron chi connectivity index (χ1n) is 13.4. The number of carbonyl (C=O) groups is 2. The van der Waals surface area contributed by atoms with Crippen molar-refractivity contribution < 1.29 is 23.8 Å². The van der Waals surface area contributed by atoms with E-state index in [2.05, 4.69) is 5.32 Å². The zero-order valence-corrected chi connectivity index (χ0v) is 24.2. The van der Waals surface area contributed by atoms with Crippen molar-refractivity contribution in [3.63, 3.8) is 0 Å². The maximum Gasteiger partial charge on any atom is 0.338 e. The molecule has 0 fully saturated rings. The maximum absolute atomic E-state index is 13.7. The molecule has 1 aliphatic heterocycles. The second-order valence-electron chi connectivity index (χ2n) is 11.1. The molecular weight excluding hydrogens is 538 g/mol. The summed E-state index contributed by atoms with van der Waals surface area (Å²) in [5.41, 5.74) is 5.48. The maximum atomic E-state index is 13.7. The first-order valence-corrected chi connectivity index (χ1v) is 13.8. The van der Waals surface area contributed by atoms with Crippen LogP contribution in [0.3, 0.4) is 0 Å². The van der Waals surface area contributed by atoms with Gasteiger partial charge in [-0.15, -0.1) is 0 Å². The van der Waals surface area contributed by atoms with Crippen molar-refractivity contribution in [3.05, 3.63) is 112 Å². The summed E-state index contributed by atoms with van der Waals surface area (Å²) < 4.78 is 16.5. The van der Waals surface area contributed by atoms with E-state index in [1.54, 1.807) is 12.1 Å². The van der Waals surface area contributed by atoms with Gasteiger partial charge in [0.2, 0.25) is 12.7 Å². The molecule has 1 heterocycles. The van der Waals surface area contributed by atoms with Crippen molar-refractivity contribution in [1.82, 2.24) is 0 Å². The Morgan fingerprint density at radius 3 is 2.29 bits per heavy atom. The molecule has 0 saturated carbocycles. The normalized spacial score (nSPS) is 13.0. The van der Waals surface area contributed by atoms with E-state index < -0.39 is 11.5 Å². The molecule has 1 amide bonds. The molecule has 0 saturated heterocycles. The van der Waals surface area contributed by atoms with Gasteiger partial charge in [-0.05, 0) is 110 Å². The molecule has 0 bridgehead atoms. The quantitative estimate of drug-likeness (QED) is 0.228. The van der Waals surface area contributed by atoms with Crippen LogP contribution in [0.5, 0.6) is 11.5 Å². The molecule has 4 aromatic rings. The van der Waals surface area contributed by atoms with Crippen LogP contribution in [0, 0.1) is 6.92 Å². The van der Waals surface area contributed by atoms with Crippen molar-refractivity contribution in [2.75, 3.05) is 12.1 Å². The molecule has 0 aromatic heterocycles. The Bertz CT molecular complexity index is 1570. The molecule has 0 spiro atoms. The van der Waals surface area contributed by atoms with E-state index in [-0.39, 0.29) is 18.7 Å². The van der Waals surface area contributed by atoms with Gasteiger partial charge in [0.05, 0.1) is 11.5 Å². The number of rotatable bonds is 7. The zero-order chi connectivity index (χ0) is 29.1. The molecule has 0 unspecified atom stereocenters. The molecular formula is C34H32ClNO5. The topological polar surface area (TPSA) is 73.9 Å². The number of nitrogens with one attached hydrogen (secondary N) is 1. The summed E-state index contributed by atoms with van der Waals surface area (Å²) >= 11 is 6.12. The molecule has 7 heteroatoms. The minimum atomic E-state index is -0.579. The summed E-state index contributed by atoms with van der Waals surface area (Å²) in [6.45, 7) is 7.68. The van der Waals surface area contributed by atoms with Crippen molar-refractivity contribution in [1.29, 1.82) is 0 Å². The van der Waals surface area contributed by atoms with Crippen LogP contribution in [-0.4, -0.2) is 24.3 Å². The lowest BCUT2D eigenvalue weighted by Crippen LogP contribution is -2.24. The van der Waals surface area contributed by atoms with E-state index in [0.29, 0.717) is 34.2 Å². The number of benzene rings is 4. The minimum Gasteiger partial charge on any atom is -0.456 e. The van der Waals surface area contributed by atoms with E-state index in [0.717, 1.165) is 27.8 Å². The Morgan fingerprint density at radius 1 is 0.902 bits per heavy atom. The van der Waals surface area contributed by atoms with Gasteiger partial charge >= 0.3 is 5.97 Å². The predicted octanol–water partition coefficient (Wildman–Crippen LogP) is 7.96. The van der Waals surface area contributed by atoms with Crippen LogP contribution >= 0.6 is 11.6 Å². The fourth-order valence-corrected chi connectivity index (χ4v) is 4.98. The molecule has 210 valence electrons. The van der Waals surface area contributed by atoms with Crippen molar-refractivity contribution in [2.24, 2.45) is 0 Å². The number of esters is 1. The third kappa shape index (κ3) is 6.90. The fourth-order valence-electron chi connectivity index (χ4n) is 4.75. The number of hydrogen-bond acceptors (Lipinski definition) is 5. The molecule has 1 aliphatic rings. The average molecular weight is 570 g/mol. The Labute approximate surface area is 245 Å². The van der Waals surface area contributed by atoms with Crippen molar-refractivity contribution in [3.8, 4) is 22.6 Å². The van der Waals surface area contributed by atoms with Crippen LogP contribution in [-0.2, 0) is 16.0 Å². The number of anilines is 1. The third-order valence-electron chi connectivity index (χ3n) is 6.80. The van der Waals surface area contributed by atoms with Crippen LogP contribution < -0.4 is 14.8 Å². The highest BCUT2D eigenvalue weighted by atomic mass is 35.5. The number of amides is 1. The number of halogens is 1. The van der Waals surface area contributed by atoms with Gasteiger partial charge in [-0.1, -0.05) is 48.0 Å². The Kier molecular flexibility index (Phi) is 8.04. The Hall–Kier alpha value is -4.29. The van der Waals surface area contributed by atoms with Gasteiger partial charge in [0.1, 0.15) is 5.60 Å². The summed E-state index contributed by atoms with van der Waals surface area (Å²) in [7, 11) is 0. The summed E-state index contributed by atoms with van der Waals surface area (Å²) in [5.74, 6) is 0.211. The largest absolute Gasteiger partial charge is 0.456 e. The van der Waals surface area contributed by atoms with E-state index in [1.807, 2.05) is 100 Å². The number of aryl methyl sites for hydroxylation is 1. The lowest BCUT2D eigenvalue weighted by Gasteiger charge is -2.20. The summed E-state index contributed by atoms with van der Waals surface area (Å²) in [4.78, 5) is 26.2. The number of fused-ring (bicyclic) bond motifs is 1. The van der Waals surface area contributed by atoms with Gasteiger partial charge in [0.25, 0.3) is 0 Å². The van der Waals surface area contributed by atoms with Crippen LogP contribution in [0.4, 0.5) is 5.69 Å². The molecule has 1 atom stereocenters. The molecule has 1 N–H and O–H groups in total. The SMILES string of the molecule is Cc1cc(Cl)ccc1-c1ccc(NC(=O)[C@H](Cc2ccc(C(=O)OC(C)(C)C)cc2)c2ccc3c(c2)OCO3)cc1. The first kappa shape index (κ1) is 28.2. The number of carbonyl (C=O) groups excluding carboxylic acids is 2. The monoisotopic (exact) mass is 569 g/mol. The number of ether oxygens (including phenoxy) is 3. The van der Waals surface area contributed by atoms with E-state index in [9.17, 15) is 9.59 Å². The van der Waals surface area contributed by atoms with Gasteiger partial charge in [-0.3, -0.25) is 4.79 Å². The third-order valence-corrected chi connectivity index (χ3v) is 7.03. The molecule has 6 nitrogen and oxygen atoms in total. The van der Waals surface area contributed by atoms with Crippen LogP contribution in [0.25, 0.3) is 11.1 Å². The Morgan fingerprint density at radius 2 is 1.61 bits per heavy atom. The van der Waals surface area contributed by atoms with Gasteiger partial charge in [-0.25, -0.2) is 4.79 Å². The van der Waals surface area contributed by atoms with Gasteiger partial charge in [0, 0.05) is 10.7 Å². The summed E-state index contributed by atoms with van der Waals surface area (Å²) in [6.07, 6.45) is 0.419. The molecule has 4 aromatic carbocycles. The van der Waals surface area contributed by atoms with E-state index in [1.165, 1.54) is 0 Å². The van der Waals surface area contributed by atoms with Crippen LogP contribution in [0.1, 0.15) is 53.7 Å². The highest BCUT2D eigenvalue weighted by Gasteiger charge is 2.25. The molecule has 0 aliphatic carbocycles. The molecule has 5 rings (SSSR count). The zero-order valence-electron chi connectivity index (χ0n) is 23.5. The van der Waals surface area contributed by atoms with Crippen molar-refractivity contribution in [2.45, 2.75) is 45.6 Å². The Balaban J connectivity index is 1.37. The fraction of sp³-hybridized carbons (Fsp3) is 0.235. The smallest absolute Gasteiger partial charge is 0.338 e. The lowest BCUT2D eigenvalue weighted by atomic mass is 9.90. The molecule has 0 radical (unpaired) electrons. The van der Waals surface area contributed by atoms with Gasteiger partial charge in [-0.2, -0.15) is 0 Å². The van der Waals surface area contributed by atoms with Crippen LogP contribution in [0.15, 0.2) is 84.9 Å². The summed E-state index contributed by atoms with van der Waals surface area (Å²) in [5, 5.41) is 3.78. The van der Waals surface area contributed by atoms with Gasteiger partial charge < -0.3 is 19.5 Å². The second kappa shape index (κ2) is 11.7. The lowest BCUT2D eigenvalue weighted by molar-refractivity contribution is -0.117. The minimum absolute atomic E-state index is 0.154. The van der Waals surface area contributed by atoms with E-state index >= 15 is 0 Å². The van der Waals surface area contributed by atoms with Crippen LogP contribution in [0.2, 0.25) is 5.02 Å². The highest BCUT2D eigenvalue weighted by Crippen LogP contribution is 2.36. The summed E-state index contributed by atoms with van der Waals surface area (Å²) in [6, 6.07) is 26.3. The second-order valence-corrected chi connectivity index (χ2v) is 11.5. The first-order chi connectivity index (χ1) is 19.6. The highest BCUT2D eigenvalue weighted by molar-refractivity contribution is 6.30. The van der Waals surface area contributed by atoms with Crippen molar-refractivity contribution >= 4 is 29.2 Å². The van der Waals surface area contributed by atoms with Gasteiger partial charge in [0.15, 0.2) is 11.5 Å².